The lowest BCUT2D eigenvalue weighted by molar-refractivity contribution is -0.124. The third-order valence-corrected chi connectivity index (χ3v) is 8.69. The first-order valence-corrected chi connectivity index (χ1v) is 13.3. The van der Waals surface area contributed by atoms with Crippen molar-refractivity contribution in [2.75, 3.05) is 17.7 Å². The molecule has 3 aliphatic rings. The number of Topliss-reactive ketones (excluding diaryl/α,β-unsaturated/α-hetero) is 1. The second-order valence-corrected chi connectivity index (χ2v) is 10.6. The van der Waals surface area contributed by atoms with Crippen molar-refractivity contribution in [1.82, 2.24) is 5.32 Å². The van der Waals surface area contributed by atoms with Gasteiger partial charge in [-0.2, -0.15) is 0 Å². The van der Waals surface area contributed by atoms with Gasteiger partial charge in [-0.25, -0.2) is 0 Å². The number of anilines is 2. The van der Waals surface area contributed by atoms with Crippen LogP contribution in [0.1, 0.15) is 27.0 Å². The number of para-hydroxylation sites is 2. The van der Waals surface area contributed by atoms with Crippen LogP contribution < -0.4 is 20.7 Å². The minimum atomic E-state index is -1.48. The molecule has 1 fully saturated rings. The maximum absolute atomic E-state index is 14.9. The smallest absolute Gasteiger partial charge is 0.250 e. The van der Waals surface area contributed by atoms with Gasteiger partial charge in [-0.1, -0.05) is 78.9 Å². The topological polar surface area (TPSA) is 96.5 Å². The SMILES string of the molecule is COc1cccc(C(=O)C2C3(NC(Cc4ccccc4)C24C(=O)Nc2ccccc24)C(=O)Nc2ccccc23)c1. The lowest BCUT2D eigenvalue weighted by Gasteiger charge is -2.36. The molecule has 198 valence electrons. The molecule has 3 aliphatic heterocycles. The molecule has 4 atom stereocenters. The molecule has 0 radical (unpaired) electrons. The first-order valence-electron chi connectivity index (χ1n) is 13.3. The van der Waals surface area contributed by atoms with Crippen LogP contribution in [-0.2, 0) is 27.0 Å². The lowest BCUT2D eigenvalue weighted by Crippen LogP contribution is -2.54. The number of benzene rings is 4. The maximum Gasteiger partial charge on any atom is 0.250 e. The molecule has 40 heavy (non-hydrogen) atoms. The molecule has 4 aromatic carbocycles. The highest BCUT2D eigenvalue weighted by atomic mass is 16.5. The molecule has 2 amide bonds. The van der Waals surface area contributed by atoms with Gasteiger partial charge in [0.15, 0.2) is 5.78 Å². The number of ether oxygens (including phenoxy) is 1. The second-order valence-electron chi connectivity index (χ2n) is 10.6. The summed E-state index contributed by atoms with van der Waals surface area (Å²) in [5.74, 6) is -1.51. The first-order chi connectivity index (χ1) is 19.5. The van der Waals surface area contributed by atoms with Crippen LogP contribution in [0.25, 0.3) is 0 Å². The molecule has 7 nitrogen and oxygen atoms in total. The van der Waals surface area contributed by atoms with E-state index in [4.69, 9.17) is 4.74 Å². The number of carbonyl (C=O) groups is 3. The van der Waals surface area contributed by atoms with Crippen molar-refractivity contribution in [1.29, 1.82) is 0 Å². The van der Waals surface area contributed by atoms with E-state index in [2.05, 4.69) is 16.0 Å². The Morgan fingerprint density at radius 2 is 1.43 bits per heavy atom. The minimum absolute atomic E-state index is 0.294. The largest absolute Gasteiger partial charge is 0.497 e. The van der Waals surface area contributed by atoms with Gasteiger partial charge in [0.05, 0.1) is 13.0 Å². The Morgan fingerprint density at radius 3 is 2.17 bits per heavy atom. The standard InChI is InChI=1S/C33H27N3O4/c1-40-22-13-9-12-21(19-22)28(37)29-32(23-14-5-7-16-25(23)34-30(32)38)27(18-20-10-3-2-4-11-20)36-33(29)24-15-6-8-17-26(24)35-31(33)39/h2-17,19,27,29,36H,18H2,1H3,(H,34,38)(H,35,39). The van der Waals surface area contributed by atoms with Crippen molar-refractivity contribution in [3.63, 3.8) is 0 Å². The van der Waals surface area contributed by atoms with Gasteiger partial charge in [0.2, 0.25) is 11.8 Å². The molecule has 0 aliphatic carbocycles. The summed E-state index contributed by atoms with van der Waals surface area (Å²) >= 11 is 0. The fourth-order valence-electron chi connectivity index (χ4n) is 7.07. The number of amides is 2. The van der Waals surface area contributed by atoms with Crippen molar-refractivity contribution in [3.05, 3.63) is 125 Å². The van der Waals surface area contributed by atoms with Crippen LogP contribution in [0, 0.1) is 5.92 Å². The molecule has 0 bridgehead atoms. The third-order valence-electron chi connectivity index (χ3n) is 8.69. The molecule has 0 saturated carbocycles. The van der Waals surface area contributed by atoms with Crippen LogP contribution in [0.4, 0.5) is 11.4 Å². The van der Waals surface area contributed by atoms with Crippen molar-refractivity contribution < 1.29 is 19.1 Å². The number of carbonyl (C=O) groups excluding carboxylic acids is 3. The average Bonchev–Trinajstić information content (AvgIpc) is 3.56. The van der Waals surface area contributed by atoms with E-state index in [-0.39, 0.29) is 17.6 Å². The molecular weight excluding hydrogens is 502 g/mol. The van der Waals surface area contributed by atoms with Crippen molar-refractivity contribution in [3.8, 4) is 5.75 Å². The van der Waals surface area contributed by atoms with E-state index in [0.29, 0.717) is 40.2 Å². The van der Waals surface area contributed by atoms with E-state index in [0.717, 1.165) is 5.56 Å². The normalized spacial score (nSPS) is 25.9. The molecule has 7 rings (SSSR count). The summed E-state index contributed by atoms with van der Waals surface area (Å²) in [6, 6.07) is 31.1. The molecule has 1 saturated heterocycles. The quantitative estimate of drug-likeness (QED) is 0.332. The molecule has 7 heteroatoms. The van der Waals surface area contributed by atoms with Crippen LogP contribution in [0.5, 0.6) is 5.75 Å². The van der Waals surface area contributed by atoms with Crippen molar-refractivity contribution in [2.45, 2.75) is 23.4 Å². The third kappa shape index (κ3) is 3.18. The van der Waals surface area contributed by atoms with Crippen LogP contribution in [0.3, 0.4) is 0 Å². The van der Waals surface area contributed by atoms with Gasteiger partial charge < -0.3 is 15.4 Å². The van der Waals surface area contributed by atoms with Gasteiger partial charge in [0.25, 0.3) is 0 Å². The van der Waals surface area contributed by atoms with E-state index in [9.17, 15) is 14.4 Å². The molecule has 3 heterocycles. The summed E-state index contributed by atoms with van der Waals surface area (Å²) < 4.78 is 5.43. The lowest BCUT2D eigenvalue weighted by atomic mass is 9.60. The molecule has 4 aromatic rings. The number of ketones is 1. The minimum Gasteiger partial charge on any atom is -0.497 e. The van der Waals surface area contributed by atoms with Crippen LogP contribution in [0.2, 0.25) is 0 Å². The maximum atomic E-state index is 14.9. The molecule has 0 aromatic heterocycles. The molecular formula is C33H27N3O4. The predicted molar refractivity (Wildman–Crippen MR) is 151 cm³/mol. The highest BCUT2D eigenvalue weighted by molar-refractivity contribution is 6.18. The fourth-order valence-corrected chi connectivity index (χ4v) is 7.07. The van der Waals surface area contributed by atoms with Gasteiger partial charge in [-0.05, 0) is 41.8 Å². The van der Waals surface area contributed by atoms with Gasteiger partial charge in [0, 0.05) is 28.5 Å². The van der Waals surface area contributed by atoms with Gasteiger partial charge >= 0.3 is 0 Å². The number of fused-ring (bicyclic) bond motifs is 4. The van der Waals surface area contributed by atoms with Crippen molar-refractivity contribution >= 4 is 29.0 Å². The number of hydrogen-bond acceptors (Lipinski definition) is 5. The summed E-state index contributed by atoms with van der Waals surface area (Å²) in [5.41, 5.74) is 1.17. The zero-order chi connectivity index (χ0) is 27.5. The zero-order valence-corrected chi connectivity index (χ0v) is 21.8. The van der Waals surface area contributed by atoms with Crippen LogP contribution in [-0.4, -0.2) is 30.7 Å². The summed E-state index contributed by atoms with van der Waals surface area (Å²) in [6.07, 6.45) is 0.432. The summed E-state index contributed by atoms with van der Waals surface area (Å²) in [6.45, 7) is 0. The molecule has 3 N–H and O–H groups in total. The Balaban J connectivity index is 1.53. The summed E-state index contributed by atoms with van der Waals surface area (Å²) in [5, 5.41) is 9.70. The first kappa shape index (κ1) is 24.3. The van der Waals surface area contributed by atoms with Gasteiger partial charge in [-0.15, -0.1) is 0 Å². The Labute approximate surface area is 231 Å². The highest BCUT2D eigenvalue weighted by Gasteiger charge is 2.74. The van der Waals surface area contributed by atoms with E-state index >= 15 is 0 Å². The molecule has 2 spiro atoms. The number of rotatable bonds is 5. The van der Waals surface area contributed by atoms with Gasteiger partial charge in [-0.3, -0.25) is 19.7 Å². The van der Waals surface area contributed by atoms with E-state index < -0.39 is 22.9 Å². The number of methoxy groups -OCH3 is 1. The average molecular weight is 530 g/mol. The van der Waals surface area contributed by atoms with Crippen molar-refractivity contribution in [2.24, 2.45) is 5.92 Å². The Kier molecular flexibility index (Phi) is 5.40. The predicted octanol–water partition coefficient (Wildman–Crippen LogP) is 4.45. The Morgan fingerprint density at radius 1 is 0.775 bits per heavy atom. The van der Waals surface area contributed by atoms with E-state index in [1.807, 2.05) is 78.9 Å². The van der Waals surface area contributed by atoms with E-state index in [1.54, 1.807) is 31.4 Å². The second kappa shape index (κ2) is 8.89. The monoisotopic (exact) mass is 529 g/mol. The Bertz CT molecular complexity index is 1690. The summed E-state index contributed by atoms with van der Waals surface area (Å²) in [7, 11) is 1.54. The fraction of sp³-hybridized carbons (Fsp3) is 0.182. The Hall–Kier alpha value is -4.75. The highest BCUT2D eigenvalue weighted by Crippen LogP contribution is 2.60. The number of nitrogens with one attached hydrogen (secondary N) is 3. The molecule has 4 unspecified atom stereocenters. The van der Waals surface area contributed by atoms with Crippen LogP contribution in [0.15, 0.2) is 103 Å². The van der Waals surface area contributed by atoms with Gasteiger partial charge in [0.1, 0.15) is 16.7 Å². The number of hydrogen-bond donors (Lipinski definition) is 3. The van der Waals surface area contributed by atoms with Crippen LogP contribution >= 0.6 is 0 Å². The van der Waals surface area contributed by atoms with E-state index in [1.165, 1.54) is 0 Å². The summed E-state index contributed by atoms with van der Waals surface area (Å²) in [4.78, 5) is 43.5. The zero-order valence-electron chi connectivity index (χ0n) is 21.8.